The molecule has 0 N–H and O–H groups in total. The van der Waals surface area contributed by atoms with Crippen LogP contribution in [0.4, 0.5) is 0 Å². The number of Topliss-reactive ketones (excluding diaryl/α,β-unsaturated/α-hetero) is 1. The van der Waals surface area contributed by atoms with Gasteiger partial charge in [0.2, 0.25) is 11.1 Å². The minimum Gasteiger partial charge on any atom is -0.343 e. The fourth-order valence-electron chi connectivity index (χ4n) is 3.77. The third-order valence-electron chi connectivity index (χ3n) is 5.25. The highest BCUT2D eigenvalue weighted by Crippen LogP contribution is 2.34. The first-order valence-corrected chi connectivity index (χ1v) is 9.66. The number of ether oxygens (including phenoxy) is 2. The van der Waals surface area contributed by atoms with Crippen LogP contribution < -0.4 is 0 Å². The molecule has 3 atom stereocenters. The van der Waals surface area contributed by atoms with Crippen LogP contribution >= 0.6 is 12.2 Å². The molecule has 2 aromatic carbocycles. The van der Waals surface area contributed by atoms with Gasteiger partial charge in [-0.15, -0.1) is 0 Å². The number of aromatic nitrogens is 3. The second-order valence-electron chi connectivity index (χ2n) is 7.17. The molecule has 0 amide bonds. The Bertz CT molecular complexity index is 1090. The van der Waals surface area contributed by atoms with E-state index >= 15 is 0 Å². The van der Waals surface area contributed by atoms with E-state index in [-0.39, 0.29) is 17.9 Å². The van der Waals surface area contributed by atoms with Crippen LogP contribution in [0.3, 0.4) is 0 Å². The third kappa shape index (κ3) is 2.83. The fraction of sp³-hybridized carbons (Fsp3) is 0.286. The Labute approximate surface area is 167 Å². The van der Waals surface area contributed by atoms with E-state index in [0.717, 1.165) is 17.1 Å². The number of rotatable bonds is 3. The van der Waals surface area contributed by atoms with E-state index in [0.29, 0.717) is 17.8 Å². The Hall–Kier alpha value is -2.61. The lowest BCUT2D eigenvalue weighted by molar-refractivity contribution is -0.156. The van der Waals surface area contributed by atoms with E-state index in [9.17, 15) is 4.79 Å². The number of hydrogen-bond donors (Lipinski definition) is 0. The van der Waals surface area contributed by atoms with Crippen molar-refractivity contribution in [2.75, 3.05) is 6.61 Å². The lowest BCUT2D eigenvalue weighted by atomic mass is 10.0. The summed E-state index contributed by atoms with van der Waals surface area (Å²) in [4.78, 5) is 12.3. The molecule has 3 aromatic rings. The average molecular weight is 393 g/mol. The minimum atomic E-state index is -0.733. The number of para-hydroxylation sites is 1. The van der Waals surface area contributed by atoms with Gasteiger partial charge in [-0.3, -0.25) is 9.36 Å². The molecular weight excluding hydrogens is 374 g/mol. The van der Waals surface area contributed by atoms with Crippen LogP contribution in [0.15, 0.2) is 54.6 Å². The Morgan fingerprint density at radius 1 is 1.11 bits per heavy atom. The molecule has 2 saturated heterocycles. The second kappa shape index (κ2) is 6.77. The quantitative estimate of drug-likeness (QED) is 0.636. The molecule has 3 heterocycles. The highest BCUT2D eigenvalue weighted by atomic mass is 32.1. The molecule has 2 aliphatic heterocycles. The molecular formula is C21H19N3O3S. The van der Waals surface area contributed by atoms with Crippen LogP contribution in [0.1, 0.15) is 18.0 Å². The lowest BCUT2D eigenvalue weighted by Gasteiger charge is -2.26. The molecule has 2 fully saturated rings. The molecule has 0 saturated carbocycles. The first-order valence-electron chi connectivity index (χ1n) is 9.25. The largest absolute Gasteiger partial charge is 0.343 e. The van der Waals surface area contributed by atoms with Crippen molar-refractivity contribution in [1.82, 2.24) is 14.3 Å². The maximum Gasteiger partial charge on any atom is 0.218 e. The van der Waals surface area contributed by atoms with Gasteiger partial charge in [-0.2, -0.15) is 5.10 Å². The topological polar surface area (TPSA) is 58.3 Å². The SMILES string of the molecule is Cc1ccc(-c2nn([C@H]3CC(=O)[C@H]4OC[C@@H]3O4)c(=S)n2-c2ccccc2)cc1. The summed E-state index contributed by atoms with van der Waals surface area (Å²) in [7, 11) is 0. The van der Waals surface area contributed by atoms with Crippen molar-refractivity contribution in [3.8, 4) is 17.1 Å². The zero-order valence-corrected chi connectivity index (χ0v) is 16.1. The van der Waals surface area contributed by atoms with Gasteiger partial charge in [0, 0.05) is 17.7 Å². The van der Waals surface area contributed by atoms with E-state index in [2.05, 4.69) is 12.1 Å². The van der Waals surface area contributed by atoms with E-state index in [1.165, 1.54) is 5.56 Å². The smallest absolute Gasteiger partial charge is 0.218 e. The van der Waals surface area contributed by atoms with Crippen molar-refractivity contribution < 1.29 is 14.3 Å². The van der Waals surface area contributed by atoms with Crippen molar-refractivity contribution in [1.29, 1.82) is 0 Å². The number of aryl methyl sites for hydroxylation is 1. The van der Waals surface area contributed by atoms with Gasteiger partial charge in [-0.25, -0.2) is 4.68 Å². The number of nitrogens with zero attached hydrogens (tertiary/aromatic N) is 3. The van der Waals surface area contributed by atoms with E-state index in [1.807, 2.05) is 54.0 Å². The lowest BCUT2D eigenvalue weighted by Crippen LogP contribution is -2.37. The minimum absolute atomic E-state index is 0.0632. The van der Waals surface area contributed by atoms with Crippen LogP contribution in [0.25, 0.3) is 17.1 Å². The summed E-state index contributed by atoms with van der Waals surface area (Å²) in [6.07, 6.45) is -0.648. The highest BCUT2D eigenvalue weighted by Gasteiger charge is 2.45. The zero-order valence-electron chi connectivity index (χ0n) is 15.3. The van der Waals surface area contributed by atoms with Gasteiger partial charge >= 0.3 is 0 Å². The zero-order chi connectivity index (χ0) is 19.3. The average Bonchev–Trinajstić information content (AvgIpc) is 3.29. The van der Waals surface area contributed by atoms with Gasteiger partial charge in [0.1, 0.15) is 6.10 Å². The predicted octanol–water partition coefficient (Wildman–Crippen LogP) is 3.63. The van der Waals surface area contributed by atoms with Crippen molar-refractivity contribution in [2.24, 2.45) is 0 Å². The summed E-state index contributed by atoms with van der Waals surface area (Å²) in [5.74, 6) is 0.677. The summed E-state index contributed by atoms with van der Waals surface area (Å²) in [6.45, 7) is 2.43. The summed E-state index contributed by atoms with van der Waals surface area (Å²) < 4.78 is 15.4. The summed E-state index contributed by atoms with van der Waals surface area (Å²) >= 11 is 5.81. The van der Waals surface area contributed by atoms with Crippen molar-refractivity contribution >= 4 is 18.0 Å². The van der Waals surface area contributed by atoms with Crippen molar-refractivity contribution in [3.63, 3.8) is 0 Å². The molecule has 1 aromatic heterocycles. The molecule has 7 heteroatoms. The van der Waals surface area contributed by atoms with Crippen LogP contribution in [0.2, 0.25) is 0 Å². The number of fused-ring (bicyclic) bond motifs is 2. The molecule has 5 rings (SSSR count). The van der Waals surface area contributed by atoms with E-state index in [4.69, 9.17) is 26.8 Å². The number of ketones is 1. The van der Waals surface area contributed by atoms with E-state index in [1.54, 1.807) is 4.68 Å². The standard InChI is InChI=1S/C21H19N3O3S/c1-13-7-9-14(10-8-13)19-22-24(16-11-17(25)20-26-12-18(16)27-20)21(28)23(19)15-5-3-2-4-6-15/h2-10,16,18,20H,11-12H2,1H3/t16-,18-,20-/m0/s1. The Kier molecular flexibility index (Phi) is 4.23. The Morgan fingerprint density at radius 3 is 2.61 bits per heavy atom. The predicted molar refractivity (Wildman–Crippen MR) is 106 cm³/mol. The maximum absolute atomic E-state index is 12.3. The number of carbonyl (C=O) groups excluding carboxylic acids is 1. The molecule has 28 heavy (non-hydrogen) atoms. The maximum atomic E-state index is 12.3. The first kappa shape index (κ1) is 17.5. The third-order valence-corrected chi connectivity index (χ3v) is 5.62. The molecule has 2 aliphatic rings. The first-order chi connectivity index (χ1) is 13.6. The van der Waals surface area contributed by atoms with Gasteiger partial charge in [-0.1, -0.05) is 48.0 Å². The van der Waals surface area contributed by atoms with Crippen molar-refractivity contribution in [3.05, 3.63) is 64.9 Å². The van der Waals surface area contributed by atoms with Gasteiger partial charge in [0.15, 0.2) is 11.6 Å². The monoisotopic (exact) mass is 393 g/mol. The number of carbonyl (C=O) groups is 1. The molecule has 2 bridgehead atoms. The molecule has 0 spiro atoms. The summed E-state index contributed by atoms with van der Waals surface area (Å²) in [5, 5.41) is 4.85. The van der Waals surface area contributed by atoms with Crippen LogP contribution in [0.5, 0.6) is 0 Å². The molecule has 0 aliphatic carbocycles. The fourth-order valence-corrected chi connectivity index (χ4v) is 4.13. The van der Waals surface area contributed by atoms with Crippen LogP contribution in [0, 0.1) is 11.7 Å². The summed E-state index contributed by atoms with van der Waals surface area (Å²) in [6, 6.07) is 17.8. The van der Waals surface area contributed by atoms with E-state index < -0.39 is 6.29 Å². The molecule has 0 radical (unpaired) electrons. The Morgan fingerprint density at radius 2 is 1.86 bits per heavy atom. The summed E-state index contributed by atoms with van der Waals surface area (Å²) in [5.41, 5.74) is 3.06. The van der Waals surface area contributed by atoms with Crippen LogP contribution in [-0.2, 0) is 14.3 Å². The highest BCUT2D eigenvalue weighted by molar-refractivity contribution is 7.71. The van der Waals surface area contributed by atoms with Crippen LogP contribution in [-0.4, -0.2) is 39.1 Å². The van der Waals surface area contributed by atoms with Gasteiger partial charge < -0.3 is 9.47 Å². The normalized spacial score (nSPS) is 23.9. The number of benzene rings is 2. The molecule has 142 valence electrons. The second-order valence-corrected chi connectivity index (χ2v) is 7.53. The van der Waals surface area contributed by atoms with Gasteiger partial charge in [0.25, 0.3) is 0 Å². The Balaban J connectivity index is 1.68. The van der Waals surface area contributed by atoms with Gasteiger partial charge in [-0.05, 0) is 31.3 Å². The molecule has 6 nitrogen and oxygen atoms in total. The van der Waals surface area contributed by atoms with Gasteiger partial charge in [0.05, 0.1) is 12.6 Å². The van der Waals surface area contributed by atoms with Crippen molar-refractivity contribution in [2.45, 2.75) is 31.8 Å². The number of hydrogen-bond acceptors (Lipinski definition) is 5. The molecule has 0 unspecified atom stereocenters.